The smallest absolute Gasteiger partial charge is 0.331 e. The molecule has 36 heteroatoms. The zero-order valence-corrected chi connectivity index (χ0v) is 71.8. The van der Waals surface area contributed by atoms with Crippen LogP contribution in [0, 0.1) is 69.0 Å². The Labute approximate surface area is 717 Å². The highest BCUT2D eigenvalue weighted by Crippen LogP contribution is 2.72. The number of unbranched alkanes of at least 4 members (excludes halogenated alkanes) is 4. The van der Waals surface area contributed by atoms with Crippen LogP contribution in [0.3, 0.4) is 0 Å². The Morgan fingerprint density at radius 3 is 1.52 bits per heavy atom. The second kappa shape index (κ2) is 37.0. The molecule has 0 radical (unpaired) electrons. The quantitative estimate of drug-likeness (QED) is 0.0197. The lowest BCUT2D eigenvalue weighted by Gasteiger charge is -2.65. The van der Waals surface area contributed by atoms with Gasteiger partial charge in [0.1, 0.15) is 67.9 Å². The number of carbonyl (C=O) groups is 6. The number of nitrogens with zero attached hydrogens (tertiary/aromatic N) is 8. The van der Waals surface area contributed by atoms with Crippen LogP contribution in [0.5, 0.6) is 0 Å². The number of aliphatic carboxylic acids is 2. The number of carboxylic acid groups (broad SMARTS) is 2. The molecule has 34 nitrogen and oxygen atoms in total. The van der Waals surface area contributed by atoms with Gasteiger partial charge in [-0.1, -0.05) is 40.5 Å². The Hall–Kier alpha value is -6.62. The van der Waals surface area contributed by atoms with E-state index in [9.17, 15) is 74.7 Å². The standard InChI is InChI=1S/2C43H62N6O11S/c1-41-12-9-25(17-24(41)7-8-27-28(41)18-31(50)42(2)26(10-13-43(27,42)57)23-16-33(52)59-19-23)58-14-5-3-4-6-32(51)48-29(40(55)56)11-15-61-20-30-35(53)36(54)39(60-30)49-22-47-34-37(44)45-21-46-38(34)49;1-41-12-9-25(17-24(41)7-8-27-28(41)18-31(50)42(2)26(10-13-43(27,42)57)23-16-33(52)59-19-23)58-14-5-3-4-6-32(51)48-37-34-38(46-21-45-37)49(22-47-34)39-36(54)35(53)30(60-39)20-61-15-11-29(44)40(55)56/h16,21-22,24-31,35-36,39,50,53-54,57H,3-15,17-20H2,1-2H3,(H,48,51)(H,55,56)(H2,44,45,46);16,21-22,24-31,35-36,39,50,53-54,57H,3-15,17-20,44H2,1-2H3,(H,55,56)(H,45,46,48,51)/t24-,25-,26-,27?,28+,29+,30-,31-,35-,36-,39-,41+,42+,43+;24-,25-,26-,27?,28+,29+,30-,31-,35-,36-,39?,41+,42+,43+/m11/s1. The second-order valence-corrected chi connectivity index (χ2v) is 40.1. The monoisotopic (exact) mass is 1740 g/mol. The van der Waals surface area contributed by atoms with Crippen molar-refractivity contribution in [3.8, 4) is 0 Å². The SMILES string of the molecule is C[C@]12CC[C@@H](OCCCCCC(=O)N[C@@H](CCSC[C@H]3O[C@@H](n4cnc5c(N)ncnc54)[C@H](O)[C@@H]3O)C(=O)O)C[C@H]1CCC1[C@@H]2C[C@@H](O)[C@]2(C)[C@@H](C3=CC(=O)OC3)CC[C@]12O.C[C@]12CC[C@@H](OCCCCCC(=O)Nc3ncnc4c3ncn4C3O[C@H](CSCC[C@H](N)C(=O)O)[C@@H](O)[C@H]3O)C[C@H]1CCC1[C@@H]2C[C@@H](O)[C@]2(C)[C@@H](C3=CC(=O)OC3)CC[C@]12O. The van der Waals surface area contributed by atoms with Crippen LogP contribution in [-0.2, 0) is 57.2 Å². The molecule has 16 rings (SSSR count). The highest BCUT2D eigenvalue weighted by Gasteiger charge is 2.73. The van der Waals surface area contributed by atoms with E-state index in [1.54, 1.807) is 12.2 Å². The summed E-state index contributed by atoms with van der Waals surface area (Å²) < 4.78 is 38.3. The first-order valence-corrected chi connectivity index (χ1v) is 46.5. The number of fused-ring (bicyclic) bond motifs is 12. The van der Waals surface area contributed by atoms with Gasteiger partial charge in [0, 0.05) is 60.5 Å². The Kier molecular flexibility index (Phi) is 27.3. The normalized spacial score (nSPS) is 38.7. The molecule has 672 valence electrons. The van der Waals surface area contributed by atoms with E-state index in [1.165, 1.54) is 58.0 Å². The van der Waals surface area contributed by atoms with Gasteiger partial charge in [0.05, 0.1) is 60.5 Å². The maximum absolute atomic E-state index is 13.0. The van der Waals surface area contributed by atoms with E-state index in [0.717, 1.165) is 114 Å². The lowest BCUT2D eigenvalue weighted by molar-refractivity contribution is -0.246. The largest absolute Gasteiger partial charge is 0.480 e. The van der Waals surface area contributed by atoms with Crippen molar-refractivity contribution < 1.29 is 108 Å². The predicted octanol–water partition coefficient (Wildman–Crippen LogP) is 5.99. The van der Waals surface area contributed by atoms with Gasteiger partial charge in [-0.25, -0.2) is 44.3 Å². The number of anilines is 2. The molecule has 8 aliphatic carbocycles. The van der Waals surface area contributed by atoms with Gasteiger partial charge in [0.2, 0.25) is 11.8 Å². The number of cyclic esters (lactones) is 2. The van der Waals surface area contributed by atoms with E-state index in [0.29, 0.717) is 103 Å². The highest BCUT2D eigenvalue weighted by molar-refractivity contribution is 7.99. The van der Waals surface area contributed by atoms with Gasteiger partial charge in [-0.15, -0.1) is 0 Å². The fourth-order valence-corrected chi connectivity index (χ4v) is 26.8. The van der Waals surface area contributed by atoms with Crippen LogP contribution in [0.2, 0.25) is 0 Å². The molecule has 28 atom stereocenters. The predicted molar refractivity (Wildman–Crippen MR) is 445 cm³/mol. The third-order valence-electron chi connectivity index (χ3n) is 31.7. The minimum absolute atomic E-state index is 0.00834. The molecule has 3 unspecified atom stereocenters. The van der Waals surface area contributed by atoms with E-state index in [2.05, 4.69) is 54.4 Å². The average Bonchev–Trinajstić information content (AvgIpc) is 1.46. The zero-order chi connectivity index (χ0) is 86.5. The summed E-state index contributed by atoms with van der Waals surface area (Å²) in [5, 5.41) is 116. The Bertz CT molecular complexity index is 4520. The Morgan fingerprint density at radius 1 is 0.557 bits per heavy atom. The van der Waals surface area contributed by atoms with E-state index in [4.69, 9.17) is 45.0 Å². The van der Waals surface area contributed by atoms with Gasteiger partial charge < -0.3 is 102 Å². The molecule has 0 aromatic carbocycles. The van der Waals surface area contributed by atoms with Crippen molar-refractivity contribution in [3.05, 3.63) is 48.6 Å². The van der Waals surface area contributed by atoms with Crippen molar-refractivity contribution in [2.75, 3.05) is 60.5 Å². The zero-order valence-electron chi connectivity index (χ0n) is 70.1. The highest BCUT2D eigenvalue weighted by atomic mass is 32.2. The molecule has 2 amide bonds. The van der Waals surface area contributed by atoms with E-state index < -0.39 is 107 Å². The summed E-state index contributed by atoms with van der Waals surface area (Å²) in [6.45, 7) is 10.6. The molecule has 0 spiro atoms. The van der Waals surface area contributed by atoms with Crippen molar-refractivity contribution >= 4 is 93.2 Å². The molecule has 4 aliphatic heterocycles. The van der Waals surface area contributed by atoms with Crippen LogP contribution in [0.25, 0.3) is 22.3 Å². The molecule has 8 saturated carbocycles. The molecule has 0 bridgehead atoms. The number of nitrogen functional groups attached to an aromatic ring is 1. The Morgan fingerprint density at radius 2 is 1.03 bits per heavy atom. The Balaban J connectivity index is 0.000000190. The summed E-state index contributed by atoms with van der Waals surface area (Å²) in [6, 6.07) is -2.02. The number of amides is 2. The minimum Gasteiger partial charge on any atom is -0.480 e. The molecule has 4 aromatic rings. The fourth-order valence-electron chi connectivity index (χ4n) is 24.7. The number of nitrogens with two attached hydrogens (primary N) is 2. The number of aliphatic hydroxyl groups excluding tert-OH is 6. The number of hydrogen-bond acceptors (Lipinski definition) is 30. The van der Waals surface area contributed by atoms with Gasteiger partial charge in [-0.3, -0.25) is 23.5 Å². The van der Waals surface area contributed by atoms with Crippen LogP contribution < -0.4 is 22.1 Å². The van der Waals surface area contributed by atoms with E-state index >= 15 is 0 Å². The van der Waals surface area contributed by atoms with E-state index in [-0.39, 0.29) is 139 Å². The lowest BCUT2D eigenvalue weighted by atomic mass is 9.42. The number of ether oxygens (including phenoxy) is 6. The molecule has 16 N–H and O–H groups in total. The first-order valence-electron chi connectivity index (χ1n) is 44.2. The van der Waals surface area contributed by atoms with Gasteiger partial charge in [-0.2, -0.15) is 23.5 Å². The molecular formula is C86H124N12O22S2. The fraction of sp³-hybridized carbons (Fsp3) is 0.767. The summed E-state index contributed by atoms with van der Waals surface area (Å²) in [6.07, 6.45) is 18.5. The molecule has 8 heterocycles. The molecule has 4 aromatic heterocycles. The number of nitrogens with one attached hydrogen (secondary N) is 2. The third kappa shape index (κ3) is 17.1. The number of aliphatic hydroxyl groups is 8. The van der Waals surface area contributed by atoms with Crippen LogP contribution >= 0.6 is 23.5 Å². The van der Waals surface area contributed by atoms with Gasteiger partial charge in [0.15, 0.2) is 40.9 Å². The van der Waals surface area contributed by atoms with Crippen LogP contribution in [0.4, 0.5) is 11.6 Å². The number of rotatable bonds is 32. The van der Waals surface area contributed by atoms with Crippen molar-refractivity contribution in [2.45, 2.75) is 291 Å². The molecule has 2 saturated heterocycles. The van der Waals surface area contributed by atoms with Crippen molar-refractivity contribution in [2.24, 2.45) is 74.7 Å². The maximum atomic E-state index is 13.0. The van der Waals surface area contributed by atoms with Crippen molar-refractivity contribution in [3.63, 3.8) is 0 Å². The number of thioether (sulfide) groups is 2. The summed E-state index contributed by atoms with van der Waals surface area (Å²) >= 11 is 2.74. The van der Waals surface area contributed by atoms with Crippen molar-refractivity contribution in [1.29, 1.82) is 0 Å². The molecule has 122 heavy (non-hydrogen) atoms. The van der Waals surface area contributed by atoms with Gasteiger partial charge >= 0.3 is 23.9 Å². The third-order valence-corrected chi connectivity index (χ3v) is 33.9. The minimum atomic E-state index is -1.27. The maximum Gasteiger partial charge on any atom is 0.331 e. The number of esters is 2. The first-order chi connectivity index (χ1) is 58.3. The average molecular weight is 1740 g/mol. The topological polar surface area (TPSA) is 523 Å². The van der Waals surface area contributed by atoms with Gasteiger partial charge in [-0.05, 0) is 222 Å². The van der Waals surface area contributed by atoms with Crippen LogP contribution in [-0.4, -0.2) is 260 Å². The second-order valence-electron chi connectivity index (χ2n) is 37.8. The summed E-state index contributed by atoms with van der Waals surface area (Å²) in [5.41, 5.74) is 11.3. The van der Waals surface area contributed by atoms with Crippen LogP contribution in [0.1, 0.15) is 207 Å². The lowest BCUT2D eigenvalue weighted by Crippen LogP contribution is -2.67. The molecule has 10 fully saturated rings. The summed E-state index contributed by atoms with van der Waals surface area (Å²) in [7, 11) is 0. The number of imidazole rings is 2. The molecular weight excluding hydrogens is 1620 g/mol. The molecule has 12 aliphatic rings. The number of carbonyl (C=O) groups excluding carboxylic acids is 4. The number of hydrogen-bond donors (Lipinski definition) is 14. The summed E-state index contributed by atoms with van der Waals surface area (Å²) in [5.74, 6) is -0.0730. The van der Waals surface area contributed by atoms with Crippen LogP contribution in [0.15, 0.2) is 48.6 Å². The van der Waals surface area contributed by atoms with E-state index in [1.807, 2.05) is 13.8 Å². The number of carboxylic acids is 2. The first kappa shape index (κ1) is 90.2. The summed E-state index contributed by atoms with van der Waals surface area (Å²) in [4.78, 5) is 97.7. The van der Waals surface area contributed by atoms with Crippen molar-refractivity contribution in [1.82, 2.24) is 44.4 Å². The van der Waals surface area contributed by atoms with Gasteiger partial charge in [0.25, 0.3) is 0 Å². The number of aromatic nitrogens is 8.